The molecule has 2 N–H and O–H groups in total. The number of methoxy groups -OCH3 is 1. The van der Waals surface area contributed by atoms with Gasteiger partial charge in [-0.25, -0.2) is 0 Å². The molecule has 26 heavy (non-hydrogen) atoms. The number of hydrogen-bond acceptors (Lipinski definition) is 4. The van der Waals surface area contributed by atoms with Crippen LogP contribution >= 0.6 is 24.0 Å². The molecular weight excluding hydrogens is 443 g/mol. The quantitative estimate of drug-likeness (QED) is 0.307. The molecule has 6 nitrogen and oxygen atoms in total. The first-order valence-electron chi connectivity index (χ1n) is 9.32. The third-order valence-corrected chi connectivity index (χ3v) is 4.20. The molecule has 1 aliphatic carbocycles. The maximum Gasteiger partial charge on any atom is 0.195 e. The van der Waals surface area contributed by atoms with Crippen LogP contribution in [0.25, 0.3) is 0 Å². The lowest BCUT2D eigenvalue weighted by Gasteiger charge is -2.19. The van der Waals surface area contributed by atoms with Crippen molar-refractivity contribution in [3.05, 3.63) is 18.2 Å². The Morgan fingerprint density at radius 2 is 2.00 bits per heavy atom. The highest BCUT2D eigenvalue weighted by atomic mass is 127. The van der Waals surface area contributed by atoms with Crippen molar-refractivity contribution in [3.8, 4) is 11.5 Å². The van der Waals surface area contributed by atoms with Crippen molar-refractivity contribution >= 4 is 35.6 Å². The first-order chi connectivity index (χ1) is 12.2. The largest absolute Gasteiger partial charge is 0.493 e. The number of nitrogens with zero attached hydrogens (tertiary/aromatic N) is 2. The molecule has 1 saturated carbocycles. The van der Waals surface area contributed by atoms with Crippen LogP contribution in [0.15, 0.2) is 23.2 Å². The Bertz CT molecular complexity index is 564. The molecule has 1 aromatic rings. The first kappa shape index (κ1) is 22.8. The highest BCUT2D eigenvalue weighted by Gasteiger charge is 2.27. The lowest BCUT2D eigenvalue weighted by Crippen LogP contribution is -2.33. The zero-order valence-corrected chi connectivity index (χ0v) is 18.7. The maximum absolute atomic E-state index is 5.64. The maximum atomic E-state index is 5.64. The summed E-state index contributed by atoms with van der Waals surface area (Å²) in [6.07, 6.45) is 2.67. The van der Waals surface area contributed by atoms with Crippen LogP contribution in [0.3, 0.4) is 0 Å². The molecule has 148 valence electrons. The van der Waals surface area contributed by atoms with Gasteiger partial charge in [0.15, 0.2) is 17.5 Å². The van der Waals surface area contributed by atoms with Gasteiger partial charge in [0, 0.05) is 30.9 Å². The Kier molecular flexibility index (Phi) is 10.7. The molecule has 0 aromatic heterocycles. The van der Waals surface area contributed by atoms with E-state index in [-0.39, 0.29) is 24.0 Å². The number of likely N-dealkylation sites (N-methyl/N-ethyl adjacent to an activating group) is 1. The van der Waals surface area contributed by atoms with E-state index in [1.807, 2.05) is 25.1 Å². The van der Waals surface area contributed by atoms with Crippen LogP contribution < -0.4 is 20.1 Å². The minimum Gasteiger partial charge on any atom is -0.493 e. The fourth-order valence-electron chi connectivity index (χ4n) is 2.80. The van der Waals surface area contributed by atoms with Crippen LogP contribution in [0, 0.1) is 0 Å². The molecule has 7 heteroatoms. The van der Waals surface area contributed by atoms with Crippen LogP contribution in [0.2, 0.25) is 0 Å². The Morgan fingerprint density at radius 3 is 2.58 bits per heavy atom. The van der Waals surface area contributed by atoms with Gasteiger partial charge in [-0.05, 0) is 45.4 Å². The van der Waals surface area contributed by atoms with Gasteiger partial charge in [0.2, 0.25) is 0 Å². The van der Waals surface area contributed by atoms with Crippen molar-refractivity contribution in [2.75, 3.05) is 45.2 Å². The zero-order valence-electron chi connectivity index (χ0n) is 16.4. The van der Waals surface area contributed by atoms with Crippen LogP contribution in [0.5, 0.6) is 11.5 Å². The number of rotatable bonds is 10. The summed E-state index contributed by atoms with van der Waals surface area (Å²) in [4.78, 5) is 7.21. The molecular formula is C19H33IN4O2. The zero-order chi connectivity index (χ0) is 18.1. The Balaban J connectivity index is 0.00000338. The Morgan fingerprint density at radius 1 is 1.23 bits per heavy atom. The second-order valence-electron chi connectivity index (χ2n) is 6.04. The second kappa shape index (κ2) is 12.2. The van der Waals surface area contributed by atoms with E-state index in [0.29, 0.717) is 6.61 Å². The van der Waals surface area contributed by atoms with Gasteiger partial charge in [0.1, 0.15) is 0 Å². The number of guanidine groups is 1. The third kappa shape index (κ3) is 7.19. The molecule has 0 unspecified atom stereocenters. The average Bonchev–Trinajstić information content (AvgIpc) is 3.44. The molecule has 2 rings (SSSR count). The van der Waals surface area contributed by atoms with Gasteiger partial charge in [-0.1, -0.05) is 6.92 Å². The van der Waals surface area contributed by atoms with E-state index in [1.54, 1.807) is 7.11 Å². The first-order valence-corrected chi connectivity index (χ1v) is 9.32. The smallest absolute Gasteiger partial charge is 0.195 e. The fourth-order valence-corrected chi connectivity index (χ4v) is 2.80. The summed E-state index contributed by atoms with van der Waals surface area (Å²) in [6, 6.07) is 6.60. The molecule has 0 saturated heterocycles. The SMILES string of the molecule is CCNC(=NCCN(CC)C1CC1)Nc1ccc(OC)c(OCC)c1.I. The summed E-state index contributed by atoms with van der Waals surface area (Å²) >= 11 is 0. The summed E-state index contributed by atoms with van der Waals surface area (Å²) in [6.45, 7) is 10.6. The molecule has 0 spiro atoms. The predicted octanol–water partition coefficient (Wildman–Crippen LogP) is 3.57. The van der Waals surface area contributed by atoms with Crippen LogP contribution in [-0.2, 0) is 0 Å². The van der Waals surface area contributed by atoms with Gasteiger partial charge >= 0.3 is 0 Å². The molecule has 0 radical (unpaired) electrons. The normalized spacial score (nSPS) is 14.0. The average molecular weight is 476 g/mol. The molecule has 1 aliphatic rings. The van der Waals surface area contributed by atoms with Crippen LogP contribution in [0.1, 0.15) is 33.6 Å². The fraction of sp³-hybridized carbons (Fsp3) is 0.632. The summed E-state index contributed by atoms with van der Waals surface area (Å²) in [5.41, 5.74) is 0.929. The highest BCUT2D eigenvalue weighted by molar-refractivity contribution is 14.0. The van der Waals surface area contributed by atoms with E-state index in [0.717, 1.165) is 55.4 Å². The number of nitrogens with one attached hydrogen (secondary N) is 2. The van der Waals surface area contributed by atoms with Crippen molar-refractivity contribution < 1.29 is 9.47 Å². The number of ether oxygens (including phenoxy) is 2. The number of benzene rings is 1. The summed E-state index contributed by atoms with van der Waals surface area (Å²) < 4.78 is 11.0. The minimum atomic E-state index is 0. The van der Waals surface area contributed by atoms with E-state index in [9.17, 15) is 0 Å². The molecule has 1 fully saturated rings. The lowest BCUT2D eigenvalue weighted by atomic mass is 10.2. The van der Waals surface area contributed by atoms with E-state index in [2.05, 4.69) is 29.4 Å². The molecule has 0 amide bonds. The van der Waals surface area contributed by atoms with Gasteiger partial charge in [0.05, 0.1) is 20.3 Å². The van der Waals surface area contributed by atoms with Gasteiger partial charge in [-0.3, -0.25) is 9.89 Å². The van der Waals surface area contributed by atoms with Gasteiger partial charge in [0.25, 0.3) is 0 Å². The second-order valence-corrected chi connectivity index (χ2v) is 6.04. The number of aliphatic imine (C=N–C) groups is 1. The Labute approximate surface area is 174 Å². The van der Waals surface area contributed by atoms with Crippen LogP contribution in [0.4, 0.5) is 5.69 Å². The van der Waals surface area contributed by atoms with Crippen molar-refractivity contribution in [2.24, 2.45) is 4.99 Å². The predicted molar refractivity (Wildman–Crippen MR) is 119 cm³/mol. The molecule has 0 atom stereocenters. The molecule has 0 aliphatic heterocycles. The number of halogens is 1. The van der Waals surface area contributed by atoms with E-state index in [1.165, 1.54) is 12.8 Å². The monoisotopic (exact) mass is 476 g/mol. The van der Waals surface area contributed by atoms with Crippen molar-refractivity contribution in [3.63, 3.8) is 0 Å². The van der Waals surface area contributed by atoms with Gasteiger partial charge in [-0.2, -0.15) is 0 Å². The highest BCUT2D eigenvalue weighted by Crippen LogP contribution is 2.30. The number of hydrogen-bond donors (Lipinski definition) is 2. The van der Waals surface area contributed by atoms with E-state index >= 15 is 0 Å². The lowest BCUT2D eigenvalue weighted by molar-refractivity contribution is 0.286. The van der Waals surface area contributed by atoms with Gasteiger partial charge in [-0.15, -0.1) is 24.0 Å². The number of anilines is 1. The molecule has 1 aromatic carbocycles. The minimum absolute atomic E-state index is 0. The van der Waals surface area contributed by atoms with Crippen molar-refractivity contribution in [1.82, 2.24) is 10.2 Å². The topological polar surface area (TPSA) is 58.1 Å². The summed E-state index contributed by atoms with van der Waals surface area (Å²) in [5.74, 6) is 2.26. The van der Waals surface area contributed by atoms with Crippen LogP contribution in [-0.4, -0.2) is 56.8 Å². The van der Waals surface area contributed by atoms with E-state index in [4.69, 9.17) is 14.5 Å². The summed E-state index contributed by atoms with van der Waals surface area (Å²) in [7, 11) is 1.65. The van der Waals surface area contributed by atoms with E-state index < -0.39 is 0 Å². The standard InChI is InChI=1S/C19H32N4O2.HI/c1-5-20-19(21-12-13-23(6-2)16-9-10-16)22-15-8-11-17(24-4)18(14-15)25-7-3;/h8,11,14,16H,5-7,9-10,12-13H2,1-4H3,(H2,20,21,22);1H. The van der Waals surface area contributed by atoms with Gasteiger partial charge < -0.3 is 20.1 Å². The molecule has 0 bridgehead atoms. The Hall–Kier alpha value is -1.22. The van der Waals surface area contributed by atoms with Crippen molar-refractivity contribution in [2.45, 2.75) is 39.7 Å². The molecule has 0 heterocycles. The van der Waals surface area contributed by atoms with Crippen molar-refractivity contribution in [1.29, 1.82) is 0 Å². The third-order valence-electron chi connectivity index (χ3n) is 4.20. The summed E-state index contributed by atoms with van der Waals surface area (Å²) in [5, 5.41) is 6.65.